The van der Waals surface area contributed by atoms with Crippen molar-refractivity contribution in [1.29, 1.82) is 0 Å². The molecule has 1 aromatic heterocycles. The van der Waals surface area contributed by atoms with Crippen LogP contribution in [0.1, 0.15) is 30.1 Å². The van der Waals surface area contributed by atoms with Crippen molar-refractivity contribution >= 4 is 34.1 Å². The lowest BCUT2D eigenvalue weighted by molar-refractivity contribution is -0.136. The predicted octanol–water partition coefficient (Wildman–Crippen LogP) is 2.60. The number of nitrogens with zero attached hydrogens (tertiary/aromatic N) is 2. The Bertz CT molecular complexity index is 822. The van der Waals surface area contributed by atoms with Crippen molar-refractivity contribution in [2.75, 3.05) is 25.0 Å². The highest BCUT2D eigenvalue weighted by atomic mass is 32.1. The molecular weight excluding hydrogens is 366 g/mol. The SMILES string of the molecule is CC(=O)c1cccc(OCC(=O)N2CCCC(C(=O)Nc3nccs3)C2)c1. The van der Waals surface area contributed by atoms with Gasteiger partial charge >= 0.3 is 0 Å². The molecule has 3 rings (SSSR count). The Kier molecular flexibility index (Phi) is 6.18. The molecule has 7 nitrogen and oxygen atoms in total. The zero-order valence-corrected chi connectivity index (χ0v) is 15.8. The van der Waals surface area contributed by atoms with Crippen LogP contribution in [0.5, 0.6) is 5.75 Å². The Morgan fingerprint density at radius 1 is 1.37 bits per heavy atom. The van der Waals surface area contributed by atoms with E-state index in [9.17, 15) is 14.4 Å². The molecule has 2 heterocycles. The van der Waals surface area contributed by atoms with Crippen molar-refractivity contribution < 1.29 is 19.1 Å². The number of carbonyl (C=O) groups excluding carboxylic acids is 3. The first-order valence-corrected chi connectivity index (χ1v) is 9.63. The third-order valence-electron chi connectivity index (χ3n) is 4.41. The zero-order chi connectivity index (χ0) is 19.2. The number of anilines is 1. The lowest BCUT2D eigenvalue weighted by Crippen LogP contribution is -2.45. The third kappa shape index (κ3) is 5.13. The Hall–Kier alpha value is -2.74. The number of benzene rings is 1. The highest BCUT2D eigenvalue weighted by Gasteiger charge is 2.29. The van der Waals surface area contributed by atoms with E-state index in [1.807, 2.05) is 0 Å². The van der Waals surface area contributed by atoms with Crippen molar-refractivity contribution in [1.82, 2.24) is 9.88 Å². The molecule has 1 aliphatic rings. The molecule has 1 aromatic carbocycles. The highest BCUT2D eigenvalue weighted by Crippen LogP contribution is 2.20. The summed E-state index contributed by atoms with van der Waals surface area (Å²) in [5.74, 6) is -0.122. The van der Waals surface area contributed by atoms with E-state index in [0.717, 1.165) is 12.8 Å². The second-order valence-corrected chi connectivity index (χ2v) is 7.27. The Labute approximate surface area is 161 Å². The van der Waals surface area contributed by atoms with Gasteiger partial charge in [0.2, 0.25) is 5.91 Å². The minimum atomic E-state index is -0.257. The molecule has 27 heavy (non-hydrogen) atoms. The maximum atomic E-state index is 12.5. The fraction of sp³-hybridized carbons (Fsp3) is 0.368. The van der Waals surface area contributed by atoms with Gasteiger partial charge in [-0.05, 0) is 31.9 Å². The van der Waals surface area contributed by atoms with Crippen LogP contribution < -0.4 is 10.1 Å². The van der Waals surface area contributed by atoms with Crippen LogP contribution in [0.25, 0.3) is 0 Å². The van der Waals surface area contributed by atoms with Gasteiger partial charge in [-0.3, -0.25) is 14.4 Å². The lowest BCUT2D eigenvalue weighted by Gasteiger charge is -2.31. The number of ether oxygens (including phenoxy) is 1. The van der Waals surface area contributed by atoms with Crippen LogP contribution in [0, 0.1) is 5.92 Å². The van der Waals surface area contributed by atoms with Crippen LogP contribution in [-0.2, 0) is 9.59 Å². The smallest absolute Gasteiger partial charge is 0.260 e. The molecular formula is C19H21N3O4S. The van der Waals surface area contributed by atoms with Crippen LogP contribution in [0.2, 0.25) is 0 Å². The van der Waals surface area contributed by atoms with Crippen LogP contribution in [0.15, 0.2) is 35.8 Å². The molecule has 1 aliphatic heterocycles. The van der Waals surface area contributed by atoms with Crippen LogP contribution in [0.4, 0.5) is 5.13 Å². The molecule has 1 saturated heterocycles. The van der Waals surface area contributed by atoms with Crippen molar-refractivity contribution in [2.24, 2.45) is 5.92 Å². The number of hydrogen-bond acceptors (Lipinski definition) is 6. The fourth-order valence-electron chi connectivity index (χ4n) is 2.95. The van der Waals surface area contributed by atoms with Gasteiger partial charge in [-0.2, -0.15) is 0 Å². The third-order valence-corrected chi connectivity index (χ3v) is 5.10. The number of hydrogen-bond donors (Lipinski definition) is 1. The normalized spacial score (nSPS) is 16.6. The van der Waals surface area contributed by atoms with Crippen LogP contribution >= 0.6 is 11.3 Å². The van der Waals surface area contributed by atoms with E-state index in [2.05, 4.69) is 10.3 Å². The molecule has 1 atom stereocenters. The van der Waals surface area contributed by atoms with E-state index in [-0.39, 0.29) is 30.1 Å². The summed E-state index contributed by atoms with van der Waals surface area (Å²) < 4.78 is 5.54. The average molecular weight is 387 g/mol. The summed E-state index contributed by atoms with van der Waals surface area (Å²) >= 11 is 1.36. The number of Topliss-reactive ketones (excluding diaryl/α,β-unsaturated/α-hetero) is 1. The van der Waals surface area contributed by atoms with E-state index in [0.29, 0.717) is 29.5 Å². The monoisotopic (exact) mass is 387 g/mol. The number of carbonyl (C=O) groups is 3. The van der Waals surface area contributed by atoms with Gasteiger partial charge in [0.05, 0.1) is 5.92 Å². The predicted molar refractivity (Wildman–Crippen MR) is 102 cm³/mol. The maximum absolute atomic E-state index is 12.5. The fourth-order valence-corrected chi connectivity index (χ4v) is 3.48. The molecule has 1 N–H and O–H groups in total. The minimum Gasteiger partial charge on any atom is -0.484 e. The molecule has 0 bridgehead atoms. The number of nitrogens with one attached hydrogen (secondary N) is 1. The topological polar surface area (TPSA) is 88.6 Å². The molecule has 1 unspecified atom stereocenters. The van der Waals surface area contributed by atoms with Gasteiger partial charge in [0.15, 0.2) is 17.5 Å². The first-order valence-electron chi connectivity index (χ1n) is 8.75. The van der Waals surface area contributed by atoms with Crippen molar-refractivity contribution in [2.45, 2.75) is 19.8 Å². The molecule has 0 saturated carbocycles. The molecule has 1 fully saturated rings. The van der Waals surface area contributed by atoms with Gasteiger partial charge in [-0.25, -0.2) is 4.98 Å². The first kappa shape index (κ1) is 19.0. The number of aromatic nitrogens is 1. The van der Waals surface area contributed by atoms with E-state index in [1.165, 1.54) is 18.3 Å². The largest absolute Gasteiger partial charge is 0.484 e. The Balaban J connectivity index is 1.53. The number of rotatable bonds is 6. The lowest BCUT2D eigenvalue weighted by atomic mass is 9.97. The number of ketones is 1. The minimum absolute atomic E-state index is 0.0584. The molecule has 0 radical (unpaired) electrons. The van der Waals surface area contributed by atoms with Gasteiger partial charge in [-0.1, -0.05) is 12.1 Å². The van der Waals surface area contributed by atoms with Crippen molar-refractivity contribution in [3.63, 3.8) is 0 Å². The van der Waals surface area contributed by atoms with E-state index < -0.39 is 0 Å². The molecule has 142 valence electrons. The number of amides is 2. The Morgan fingerprint density at radius 3 is 2.96 bits per heavy atom. The first-order chi connectivity index (χ1) is 13.0. The summed E-state index contributed by atoms with van der Waals surface area (Å²) in [5.41, 5.74) is 0.539. The van der Waals surface area contributed by atoms with Crippen molar-refractivity contribution in [3.8, 4) is 5.75 Å². The Morgan fingerprint density at radius 2 is 2.22 bits per heavy atom. The van der Waals surface area contributed by atoms with E-state index in [1.54, 1.807) is 40.7 Å². The van der Waals surface area contributed by atoms with Crippen LogP contribution in [-0.4, -0.2) is 47.2 Å². The second-order valence-electron chi connectivity index (χ2n) is 6.38. The van der Waals surface area contributed by atoms with Crippen molar-refractivity contribution in [3.05, 3.63) is 41.4 Å². The second kappa shape index (κ2) is 8.77. The summed E-state index contributed by atoms with van der Waals surface area (Å²) in [4.78, 5) is 42.0. The quantitative estimate of drug-likeness (QED) is 0.770. The van der Waals surface area contributed by atoms with Gasteiger partial charge < -0.3 is 15.0 Å². The molecule has 2 amide bonds. The van der Waals surface area contributed by atoms with Gasteiger partial charge in [0.25, 0.3) is 5.91 Å². The number of thiazole rings is 1. The van der Waals surface area contributed by atoms with Crippen LogP contribution in [0.3, 0.4) is 0 Å². The molecule has 2 aromatic rings. The maximum Gasteiger partial charge on any atom is 0.260 e. The summed E-state index contributed by atoms with van der Waals surface area (Å²) in [5, 5.41) is 5.16. The van der Waals surface area contributed by atoms with E-state index >= 15 is 0 Å². The number of likely N-dealkylation sites (tertiary alicyclic amines) is 1. The summed E-state index contributed by atoms with van der Waals surface area (Å²) in [6.07, 6.45) is 3.14. The summed E-state index contributed by atoms with van der Waals surface area (Å²) in [7, 11) is 0. The highest BCUT2D eigenvalue weighted by molar-refractivity contribution is 7.13. The zero-order valence-electron chi connectivity index (χ0n) is 15.0. The summed E-state index contributed by atoms with van der Waals surface area (Å²) in [6, 6.07) is 6.75. The number of piperidine rings is 1. The standard InChI is InChI=1S/C19H21N3O4S/c1-13(23)14-4-2-6-16(10-14)26-12-17(24)22-8-3-5-15(11-22)18(25)21-19-20-7-9-27-19/h2,4,6-7,9-10,15H,3,5,8,11-12H2,1H3,(H,20,21,25). The molecule has 0 aliphatic carbocycles. The van der Waals surface area contributed by atoms with E-state index in [4.69, 9.17) is 4.74 Å². The molecule has 8 heteroatoms. The molecule has 0 spiro atoms. The van der Waals surface area contributed by atoms with Gasteiger partial charge in [-0.15, -0.1) is 11.3 Å². The average Bonchev–Trinajstić information content (AvgIpc) is 3.19. The van der Waals surface area contributed by atoms with Gasteiger partial charge in [0, 0.05) is 30.2 Å². The summed E-state index contributed by atoms with van der Waals surface area (Å²) in [6.45, 7) is 2.33. The van der Waals surface area contributed by atoms with Gasteiger partial charge in [0.1, 0.15) is 5.75 Å².